The Morgan fingerprint density at radius 2 is 1.96 bits per heavy atom. The van der Waals surface area contributed by atoms with Crippen molar-refractivity contribution < 1.29 is 8.42 Å². The molecule has 0 amide bonds. The predicted octanol–water partition coefficient (Wildman–Crippen LogP) is 2.97. The molecule has 2 heterocycles. The number of rotatable bonds is 6. The Labute approximate surface area is 139 Å². The first-order valence-electron chi connectivity index (χ1n) is 7.20. The van der Waals surface area contributed by atoms with Gasteiger partial charge in [-0.3, -0.25) is 0 Å². The molecule has 3 aromatic rings. The third-order valence-corrected chi connectivity index (χ3v) is 6.30. The van der Waals surface area contributed by atoms with Gasteiger partial charge in [-0.25, -0.2) is 18.1 Å². The summed E-state index contributed by atoms with van der Waals surface area (Å²) >= 11 is 1.27. The predicted molar refractivity (Wildman–Crippen MR) is 92.0 cm³/mol. The van der Waals surface area contributed by atoms with Crippen LogP contribution in [0.4, 0.5) is 0 Å². The SMILES string of the molecule is Cc1ccc(S(=O)(=O)NCCc2cnc(-c3ccccc3)[nH]2)s1. The quantitative estimate of drug-likeness (QED) is 0.720. The molecule has 23 heavy (non-hydrogen) atoms. The topological polar surface area (TPSA) is 74.8 Å². The average molecular weight is 347 g/mol. The van der Waals surface area contributed by atoms with E-state index in [9.17, 15) is 8.42 Å². The number of thiophene rings is 1. The van der Waals surface area contributed by atoms with E-state index in [-0.39, 0.29) is 0 Å². The lowest BCUT2D eigenvalue weighted by Crippen LogP contribution is -2.25. The maximum absolute atomic E-state index is 12.1. The summed E-state index contributed by atoms with van der Waals surface area (Å²) in [6.07, 6.45) is 2.30. The van der Waals surface area contributed by atoms with E-state index in [0.29, 0.717) is 17.2 Å². The van der Waals surface area contributed by atoms with Crippen LogP contribution in [0.2, 0.25) is 0 Å². The number of imidazole rings is 1. The molecular weight excluding hydrogens is 330 g/mol. The molecule has 0 aliphatic heterocycles. The van der Waals surface area contributed by atoms with E-state index in [1.54, 1.807) is 18.3 Å². The Kier molecular flexibility index (Phi) is 4.61. The van der Waals surface area contributed by atoms with Gasteiger partial charge < -0.3 is 4.98 Å². The number of hydrogen-bond acceptors (Lipinski definition) is 4. The third-order valence-electron chi connectivity index (χ3n) is 3.34. The molecule has 0 saturated carbocycles. The molecule has 1 aromatic carbocycles. The number of aromatic amines is 1. The molecule has 2 aromatic heterocycles. The molecule has 7 heteroatoms. The second kappa shape index (κ2) is 6.66. The largest absolute Gasteiger partial charge is 0.342 e. The number of nitrogens with zero attached hydrogens (tertiary/aromatic N) is 1. The molecule has 0 saturated heterocycles. The first-order chi connectivity index (χ1) is 11.0. The Balaban J connectivity index is 1.60. The Morgan fingerprint density at radius 1 is 1.17 bits per heavy atom. The molecule has 0 atom stereocenters. The van der Waals surface area contributed by atoms with Crippen LogP contribution in [0.5, 0.6) is 0 Å². The van der Waals surface area contributed by atoms with Crippen LogP contribution in [0.1, 0.15) is 10.6 Å². The van der Waals surface area contributed by atoms with Crippen LogP contribution in [-0.2, 0) is 16.4 Å². The minimum Gasteiger partial charge on any atom is -0.342 e. The van der Waals surface area contributed by atoms with Crippen LogP contribution in [0.3, 0.4) is 0 Å². The minimum absolute atomic E-state index is 0.329. The van der Waals surface area contributed by atoms with Crippen LogP contribution in [0.25, 0.3) is 11.4 Å². The summed E-state index contributed by atoms with van der Waals surface area (Å²) in [7, 11) is -3.42. The van der Waals surface area contributed by atoms with Crippen molar-refractivity contribution in [2.24, 2.45) is 0 Å². The summed E-state index contributed by atoms with van der Waals surface area (Å²) in [4.78, 5) is 8.53. The van der Waals surface area contributed by atoms with Crippen LogP contribution in [0, 0.1) is 6.92 Å². The number of hydrogen-bond donors (Lipinski definition) is 2. The fourth-order valence-electron chi connectivity index (χ4n) is 2.18. The van der Waals surface area contributed by atoms with E-state index >= 15 is 0 Å². The lowest BCUT2D eigenvalue weighted by Gasteiger charge is -2.03. The van der Waals surface area contributed by atoms with Gasteiger partial charge in [0.25, 0.3) is 0 Å². The standard InChI is InChI=1S/C16H17N3O2S2/c1-12-7-8-15(22-12)23(20,21)18-10-9-14-11-17-16(19-14)13-5-3-2-4-6-13/h2-8,11,18H,9-10H2,1H3,(H,17,19). The zero-order valence-corrected chi connectivity index (χ0v) is 14.2. The summed E-state index contributed by atoms with van der Waals surface area (Å²) in [6, 6.07) is 13.2. The molecule has 0 aliphatic carbocycles. The van der Waals surface area contributed by atoms with Crippen LogP contribution >= 0.6 is 11.3 Å². The lowest BCUT2D eigenvalue weighted by molar-refractivity contribution is 0.583. The summed E-state index contributed by atoms with van der Waals surface area (Å²) in [6.45, 7) is 2.22. The number of benzene rings is 1. The summed E-state index contributed by atoms with van der Waals surface area (Å²) in [5, 5.41) is 0. The van der Waals surface area contributed by atoms with Crippen molar-refractivity contribution in [2.45, 2.75) is 17.6 Å². The van der Waals surface area contributed by atoms with Crippen molar-refractivity contribution in [2.75, 3.05) is 6.54 Å². The van der Waals surface area contributed by atoms with Gasteiger partial charge in [0.1, 0.15) is 10.0 Å². The number of H-pyrrole nitrogens is 1. The highest BCUT2D eigenvalue weighted by atomic mass is 32.2. The van der Waals surface area contributed by atoms with Crippen molar-refractivity contribution in [3.05, 3.63) is 59.2 Å². The van der Waals surface area contributed by atoms with Crippen molar-refractivity contribution in [1.29, 1.82) is 0 Å². The van der Waals surface area contributed by atoms with Gasteiger partial charge in [-0.1, -0.05) is 30.3 Å². The highest BCUT2D eigenvalue weighted by Crippen LogP contribution is 2.20. The van der Waals surface area contributed by atoms with Gasteiger partial charge in [0.15, 0.2) is 0 Å². The van der Waals surface area contributed by atoms with E-state index in [4.69, 9.17) is 0 Å². The highest BCUT2D eigenvalue weighted by molar-refractivity contribution is 7.91. The molecule has 0 aliphatic rings. The number of nitrogens with one attached hydrogen (secondary N) is 2. The van der Waals surface area contributed by atoms with Crippen molar-refractivity contribution in [3.8, 4) is 11.4 Å². The van der Waals surface area contributed by atoms with Gasteiger partial charge in [-0.15, -0.1) is 11.3 Å². The Bertz CT molecular complexity index is 883. The number of aromatic nitrogens is 2. The van der Waals surface area contributed by atoms with Gasteiger partial charge in [0.05, 0.1) is 0 Å². The minimum atomic E-state index is -3.42. The number of aryl methyl sites for hydroxylation is 1. The molecule has 5 nitrogen and oxygen atoms in total. The molecule has 0 spiro atoms. The van der Waals surface area contributed by atoms with E-state index in [1.165, 1.54) is 11.3 Å². The molecule has 0 fully saturated rings. The van der Waals surface area contributed by atoms with Gasteiger partial charge >= 0.3 is 0 Å². The van der Waals surface area contributed by atoms with Crippen LogP contribution in [-0.4, -0.2) is 24.9 Å². The highest BCUT2D eigenvalue weighted by Gasteiger charge is 2.15. The normalized spacial score (nSPS) is 11.7. The van der Waals surface area contributed by atoms with E-state index in [0.717, 1.165) is 22.0 Å². The van der Waals surface area contributed by atoms with Gasteiger partial charge in [-0.2, -0.15) is 0 Å². The maximum atomic E-state index is 12.1. The van der Waals surface area contributed by atoms with E-state index in [2.05, 4.69) is 14.7 Å². The molecule has 2 N–H and O–H groups in total. The van der Waals surface area contributed by atoms with Gasteiger partial charge in [0.2, 0.25) is 10.0 Å². The van der Waals surface area contributed by atoms with Crippen molar-refractivity contribution >= 4 is 21.4 Å². The molecule has 3 rings (SSSR count). The van der Waals surface area contributed by atoms with E-state index < -0.39 is 10.0 Å². The Morgan fingerprint density at radius 3 is 2.65 bits per heavy atom. The first-order valence-corrected chi connectivity index (χ1v) is 9.50. The molecule has 0 unspecified atom stereocenters. The zero-order valence-electron chi connectivity index (χ0n) is 12.6. The zero-order chi connectivity index (χ0) is 16.3. The second-order valence-corrected chi connectivity index (χ2v) is 8.42. The van der Waals surface area contributed by atoms with E-state index in [1.807, 2.05) is 37.3 Å². The first kappa shape index (κ1) is 15.9. The molecular formula is C16H17N3O2S2. The second-order valence-electron chi connectivity index (χ2n) is 5.14. The summed E-state index contributed by atoms with van der Waals surface area (Å²) in [5.41, 5.74) is 1.90. The molecule has 0 bridgehead atoms. The monoisotopic (exact) mass is 347 g/mol. The number of sulfonamides is 1. The average Bonchev–Trinajstić information content (AvgIpc) is 3.17. The molecule has 0 radical (unpaired) electrons. The smallest absolute Gasteiger partial charge is 0.250 e. The van der Waals surface area contributed by atoms with Crippen molar-refractivity contribution in [3.63, 3.8) is 0 Å². The maximum Gasteiger partial charge on any atom is 0.250 e. The van der Waals surface area contributed by atoms with Crippen LogP contribution < -0.4 is 4.72 Å². The lowest BCUT2D eigenvalue weighted by atomic mass is 10.2. The fourth-order valence-corrected chi connectivity index (χ4v) is 4.54. The van der Waals surface area contributed by atoms with Gasteiger partial charge in [-0.05, 0) is 19.1 Å². The third kappa shape index (κ3) is 3.87. The van der Waals surface area contributed by atoms with Crippen molar-refractivity contribution in [1.82, 2.24) is 14.7 Å². The summed E-state index contributed by atoms with van der Waals surface area (Å²) < 4.78 is 27.2. The fraction of sp³-hybridized carbons (Fsp3) is 0.188. The molecule has 120 valence electrons. The summed E-state index contributed by atoms with van der Waals surface area (Å²) in [5.74, 6) is 0.789. The Hall–Kier alpha value is -1.96. The van der Waals surface area contributed by atoms with Gasteiger partial charge in [0, 0.05) is 35.3 Å². The van der Waals surface area contributed by atoms with Crippen LogP contribution in [0.15, 0.2) is 52.9 Å².